The van der Waals surface area contributed by atoms with E-state index in [1.54, 1.807) is 0 Å². The van der Waals surface area contributed by atoms with E-state index in [-0.39, 0.29) is 22.5 Å². The number of aromatic nitrogens is 1. The van der Waals surface area contributed by atoms with Crippen molar-refractivity contribution in [2.24, 2.45) is 0 Å². The van der Waals surface area contributed by atoms with Crippen LogP contribution in [-0.4, -0.2) is 27.1 Å². The molecule has 1 aromatic heterocycles. The Labute approximate surface area is 115 Å². The standard InChI is InChI=1S/C12H18N2O4S/c1-6(2)7-8(18-11(16)17)9(19-14-7)10(15)13-12(3,4)5/h6H,1-5H3,(H,13,15)(H,16,17). The molecule has 7 heteroatoms. The van der Waals surface area contributed by atoms with E-state index in [2.05, 4.69) is 9.69 Å². The van der Waals surface area contributed by atoms with E-state index in [4.69, 9.17) is 9.84 Å². The lowest BCUT2D eigenvalue weighted by atomic mass is 10.1. The molecule has 6 nitrogen and oxygen atoms in total. The van der Waals surface area contributed by atoms with Crippen molar-refractivity contribution in [2.75, 3.05) is 0 Å². The molecule has 0 unspecified atom stereocenters. The van der Waals surface area contributed by atoms with Gasteiger partial charge in [0.2, 0.25) is 0 Å². The second-order valence-electron chi connectivity index (χ2n) is 5.45. The van der Waals surface area contributed by atoms with Gasteiger partial charge in [0.05, 0.1) is 0 Å². The van der Waals surface area contributed by atoms with E-state index in [0.717, 1.165) is 11.5 Å². The van der Waals surface area contributed by atoms with Gasteiger partial charge in [0.25, 0.3) is 5.91 Å². The average molecular weight is 286 g/mol. The molecule has 0 aliphatic rings. The Morgan fingerprint density at radius 1 is 1.37 bits per heavy atom. The number of carboxylic acid groups (broad SMARTS) is 1. The van der Waals surface area contributed by atoms with Crippen molar-refractivity contribution in [1.82, 2.24) is 9.69 Å². The molecule has 19 heavy (non-hydrogen) atoms. The summed E-state index contributed by atoms with van der Waals surface area (Å²) >= 11 is 0.945. The van der Waals surface area contributed by atoms with Crippen molar-refractivity contribution in [3.63, 3.8) is 0 Å². The van der Waals surface area contributed by atoms with Gasteiger partial charge in [0, 0.05) is 11.5 Å². The summed E-state index contributed by atoms with van der Waals surface area (Å²) in [6, 6.07) is 0. The van der Waals surface area contributed by atoms with Crippen LogP contribution in [0.2, 0.25) is 0 Å². The molecule has 0 fully saturated rings. The number of ether oxygens (including phenoxy) is 1. The normalized spacial score (nSPS) is 11.5. The SMILES string of the molecule is CC(C)c1nsc(C(=O)NC(C)(C)C)c1OC(=O)O. The molecule has 0 radical (unpaired) electrons. The van der Waals surface area contributed by atoms with Crippen LogP contribution >= 0.6 is 11.5 Å². The molecule has 0 saturated carbocycles. The number of amides is 1. The number of carbonyl (C=O) groups excluding carboxylic acids is 1. The van der Waals surface area contributed by atoms with E-state index in [1.807, 2.05) is 34.6 Å². The lowest BCUT2D eigenvalue weighted by Crippen LogP contribution is -2.40. The minimum absolute atomic E-state index is 0.0261. The minimum Gasteiger partial charge on any atom is -0.449 e. The Bertz CT molecular complexity index is 488. The van der Waals surface area contributed by atoms with Gasteiger partial charge in [0.15, 0.2) is 10.6 Å². The van der Waals surface area contributed by atoms with Crippen molar-refractivity contribution in [3.05, 3.63) is 10.6 Å². The predicted octanol–water partition coefficient (Wildman–Crippen LogP) is 2.85. The van der Waals surface area contributed by atoms with Gasteiger partial charge >= 0.3 is 6.16 Å². The molecule has 1 aromatic rings. The van der Waals surface area contributed by atoms with Crippen molar-refractivity contribution >= 4 is 23.6 Å². The molecule has 0 atom stereocenters. The Morgan fingerprint density at radius 2 is 1.95 bits per heavy atom. The van der Waals surface area contributed by atoms with Crippen LogP contribution in [0.25, 0.3) is 0 Å². The second-order valence-corrected chi connectivity index (χ2v) is 6.23. The summed E-state index contributed by atoms with van der Waals surface area (Å²) in [6.45, 7) is 9.23. The molecular formula is C12H18N2O4S. The van der Waals surface area contributed by atoms with E-state index in [9.17, 15) is 9.59 Å². The number of nitrogens with one attached hydrogen (secondary N) is 1. The van der Waals surface area contributed by atoms with Crippen LogP contribution in [0, 0.1) is 0 Å². The number of nitrogens with zero attached hydrogens (tertiary/aromatic N) is 1. The average Bonchev–Trinajstić information content (AvgIpc) is 2.57. The van der Waals surface area contributed by atoms with E-state index >= 15 is 0 Å². The van der Waals surface area contributed by atoms with E-state index in [0.29, 0.717) is 5.69 Å². The molecule has 1 heterocycles. The molecule has 2 N–H and O–H groups in total. The number of hydrogen-bond donors (Lipinski definition) is 2. The Balaban J connectivity index is 3.13. The van der Waals surface area contributed by atoms with Gasteiger partial charge < -0.3 is 15.2 Å². The number of carbonyl (C=O) groups is 2. The maximum Gasteiger partial charge on any atom is 0.511 e. The quantitative estimate of drug-likeness (QED) is 0.834. The summed E-state index contributed by atoms with van der Waals surface area (Å²) in [4.78, 5) is 23.0. The highest BCUT2D eigenvalue weighted by Gasteiger charge is 2.27. The van der Waals surface area contributed by atoms with Crippen LogP contribution in [-0.2, 0) is 0 Å². The summed E-state index contributed by atoms with van der Waals surface area (Å²) in [7, 11) is 0. The molecule has 0 aliphatic carbocycles. The smallest absolute Gasteiger partial charge is 0.449 e. The zero-order valence-corrected chi connectivity index (χ0v) is 12.4. The third-order valence-corrected chi connectivity index (χ3v) is 2.95. The van der Waals surface area contributed by atoms with Crippen LogP contribution in [0.5, 0.6) is 5.75 Å². The number of rotatable bonds is 3. The fourth-order valence-corrected chi connectivity index (χ4v) is 2.24. The van der Waals surface area contributed by atoms with E-state index < -0.39 is 11.7 Å². The molecular weight excluding hydrogens is 268 g/mol. The Kier molecular flexibility index (Phi) is 4.52. The van der Waals surface area contributed by atoms with Gasteiger partial charge in [-0.05, 0) is 32.3 Å². The first-order valence-electron chi connectivity index (χ1n) is 5.84. The van der Waals surface area contributed by atoms with Gasteiger partial charge in [-0.1, -0.05) is 13.8 Å². The minimum atomic E-state index is -1.45. The fourth-order valence-electron chi connectivity index (χ4n) is 1.39. The Morgan fingerprint density at radius 3 is 2.37 bits per heavy atom. The first kappa shape index (κ1) is 15.4. The topological polar surface area (TPSA) is 88.5 Å². The summed E-state index contributed by atoms with van der Waals surface area (Å²) in [5.41, 5.74) is 0.0611. The van der Waals surface area contributed by atoms with Gasteiger partial charge in [-0.3, -0.25) is 4.79 Å². The van der Waals surface area contributed by atoms with Gasteiger partial charge in [-0.25, -0.2) is 4.79 Å². The molecule has 0 aliphatic heterocycles. The van der Waals surface area contributed by atoms with Gasteiger partial charge in [-0.15, -0.1) is 0 Å². The summed E-state index contributed by atoms with van der Waals surface area (Å²) in [5.74, 6) is -0.371. The highest BCUT2D eigenvalue weighted by atomic mass is 32.1. The van der Waals surface area contributed by atoms with Crippen LogP contribution in [0.4, 0.5) is 4.79 Å². The fraction of sp³-hybridized carbons (Fsp3) is 0.583. The first-order chi connectivity index (χ1) is 8.61. The third kappa shape index (κ3) is 4.20. The van der Waals surface area contributed by atoms with Crippen LogP contribution in [0.3, 0.4) is 0 Å². The van der Waals surface area contributed by atoms with Crippen molar-refractivity contribution in [2.45, 2.75) is 46.1 Å². The van der Waals surface area contributed by atoms with Crippen LogP contribution in [0.15, 0.2) is 0 Å². The third-order valence-electron chi connectivity index (χ3n) is 2.11. The lowest BCUT2D eigenvalue weighted by Gasteiger charge is -2.20. The highest BCUT2D eigenvalue weighted by molar-refractivity contribution is 7.08. The molecule has 106 valence electrons. The van der Waals surface area contributed by atoms with Gasteiger partial charge in [-0.2, -0.15) is 4.37 Å². The van der Waals surface area contributed by atoms with Crippen molar-refractivity contribution in [1.29, 1.82) is 0 Å². The van der Waals surface area contributed by atoms with Crippen molar-refractivity contribution < 1.29 is 19.4 Å². The van der Waals surface area contributed by atoms with Crippen LogP contribution < -0.4 is 10.1 Å². The molecule has 0 bridgehead atoms. The van der Waals surface area contributed by atoms with Crippen LogP contribution in [0.1, 0.15) is 55.9 Å². The molecule has 0 saturated heterocycles. The monoisotopic (exact) mass is 286 g/mol. The summed E-state index contributed by atoms with van der Waals surface area (Å²) in [6.07, 6.45) is -1.45. The summed E-state index contributed by atoms with van der Waals surface area (Å²) in [5, 5.41) is 11.5. The molecule has 0 aromatic carbocycles. The van der Waals surface area contributed by atoms with Gasteiger partial charge in [0.1, 0.15) is 5.69 Å². The maximum atomic E-state index is 12.1. The van der Waals surface area contributed by atoms with Crippen molar-refractivity contribution in [3.8, 4) is 5.75 Å². The number of hydrogen-bond acceptors (Lipinski definition) is 5. The molecule has 0 spiro atoms. The zero-order valence-electron chi connectivity index (χ0n) is 11.6. The highest BCUT2D eigenvalue weighted by Crippen LogP contribution is 2.33. The maximum absolute atomic E-state index is 12.1. The molecule has 1 amide bonds. The lowest BCUT2D eigenvalue weighted by molar-refractivity contribution is 0.0920. The molecule has 1 rings (SSSR count). The zero-order chi connectivity index (χ0) is 14.8. The van der Waals surface area contributed by atoms with E-state index in [1.165, 1.54) is 0 Å². The first-order valence-corrected chi connectivity index (χ1v) is 6.62. The Hall–Kier alpha value is -1.63. The summed E-state index contributed by atoms with van der Waals surface area (Å²) < 4.78 is 8.83. The predicted molar refractivity (Wildman–Crippen MR) is 72.1 cm³/mol. The largest absolute Gasteiger partial charge is 0.511 e. The second kappa shape index (κ2) is 5.56.